The third-order valence-electron chi connectivity index (χ3n) is 2.34. The fourth-order valence-corrected chi connectivity index (χ4v) is 2.66. The number of carbonyl (C=O) groups excluding carboxylic acids is 1. The number of hydrogen-bond donors (Lipinski definition) is 1. The van der Waals surface area contributed by atoms with Gasteiger partial charge in [-0.2, -0.15) is 11.8 Å². The molecule has 1 saturated carbocycles. The summed E-state index contributed by atoms with van der Waals surface area (Å²) in [5, 5.41) is 4.36. The number of esters is 1. The maximum Gasteiger partial charge on any atom is 0.309 e. The Kier molecular flexibility index (Phi) is 1.97. The van der Waals surface area contributed by atoms with Gasteiger partial charge in [0.05, 0.1) is 13.0 Å². The highest BCUT2D eigenvalue weighted by molar-refractivity contribution is 8.05. The van der Waals surface area contributed by atoms with Crippen LogP contribution in [0, 0.1) is 5.92 Å². The zero-order valence-electron chi connectivity index (χ0n) is 6.91. The summed E-state index contributed by atoms with van der Waals surface area (Å²) >= 11 is 1.27. The molecule has 0 N–H and O–H groups in total. The lowest BCUT2D eigenvalue weighted by Crippen LogP contribution is -2.12. The quantitative estimate of drug-likeness (QED) is 0.495. The summed E-state index contributed by atoms with van der Waals surface area (Å²) in [5.41, 5.74) is 2.71. The van der Waals surface area contributed by atoms with E-state index in [0.717, 1.165) is 12.8 Å². The molecule has 1 aliphatic carbocycles. The van der Waals surface area contributed by atoms with Crippen molar-refractivity contribution in [1.29, 1.82) is 0 Å². The molecule has 0 aromatic rings. The Morgan fingerprint density at radius 3 is 2.58 bits per heavy atom. The van der Waals surface area contributed by atoms with E-state index in [0.29, 0.717) is 0 Å². The maximum absolute atomic E-state index is 11.2. The second-order valence-electron chi connectivity index (χ2n) is 3.09. The summed E-state index contributed by atoms with van der Waals surface area (Å²) in [6.45, 7) is 0. The smallest absolute Gasteiger partial charge is 0.309 e. The fraction of sp³-hybridized carbons (Fsp3) is 0.444. The summed E-state index contributed by atoms with van der Waals surface area (Å²) in [5.74, 6) is 0.0193. The molecule has 0 saturated heterocycles. The van der Waals surface area contributed by atoms with Gasteiger partial charge in [-0.05, 0) is 34.8 Å². The van der Waals surface area contributed by atoms with Crippen LogP contribution in [0.15, 0.2) is 22.0 Å². The molecule has 12 heavy (non-hydrogen) atoms. The molecule has 0 aromatic carbocycles. The van der Waals surface area contributed by atoms with Gasteiger partial charge < -0.3 is 4.74 Å². The lowest BCUT2D eigenvalue weighted by atomic mass is 10.1. The van der Waals surface area contributed by atoms with Crippen molar-refractivity contribution in [2.75, 3.05) is 7.11 Å². The van der Waals surface area contributed by atoms with E-state index in [1.54, 1.807) is 0 Å². The summed E-state index contributed by atoms with van der Waals surface area (Å²) in [4.78, 5) is 11.2. The van der Waals surface area contributed by atoms with Crippen molar-refractivity contribution < 1.29 is 9.53 Å². The van der Waals surface area contributed by atoms with Crippen LogP contribution < -0.4 is 0 Å². The van der Waals surface area contributed by atoms with E-state index in [-0.39, 0.29) is 11.9 Å². The third-order valence-corrected chi connectivity index (χ3v) is 3.26. The lowest BCUT2D eigenvalue weighted by molar-refractivity contribution is -0.144. The molecular formula is C9H11O2S. The Morgan fingerprint density at radius 1 is 1.50 bits per heavy atom. The molecule has 0 aromatic heterocycles. The zero-order valence-corrected chi connectivity index (χ0v) is 7.80. The Morgan fingerprint density at radius 2 is 2.08 bits per heavy atom. The summed E-state index contributed by atoms with van der Waals surface area (Å²) in [6, 6.07) is 0. The van der Waals surface area contributed by atoms with Gasteiger partial charge >= 0.3 is 5.97 Å². The van der Waals surface area contributed by atoms with Gasteiger partial charge in [0.1, 0.15) is 0 Å². The molecule has 65 valence electrons. The lowest BCUT2D eigenvalue weighted by Gasteiger charge is -2.04. The minimum atomic E-state index is -0.0668. The molecule has 0 unspecified atom stereocenters. The number of allylic oxidation sites excluding steroid dienone is 2. The molecule has 2 aliphatic rings. The normalized spacial score (nSPS) is 21.8. The van der Waals surface area contributed by atoms with E-state index in [9.17, 15) is 4.79 Å². The minimum absolute atomic E-state index is 0.0668. The van der Waals surface area contributed by atoms with Crippen LogP contribution in [0.5, 0.6) is 0 Å². The largest absolute Gasteiger partial charge is 0.469 e. The number of ether oxygens (including phenoxy) is 1. The highest BCUT2D eigenvalue weighted by atomic mass is 32.2. The molecule has 0 atom stereocenters. The van der Waals surface area contributed by atoms with E-state index < -0.39 is 0 Å². The van der Waals surface area contributed by atoms with Crippen LogP contribution in [0.25, 0.3) is 0 Å². The molecule has 3 heteroatoms. The van der Waals surface area contributed by atoms with E-state index in [2.05, 4.69) is 10.8 Å². The van der Waals surface area contributed by atoms with Gasteiger partial charge in [-0.15, -0.1) is 0 Å². The van der Waals surface area contributed by atoms with Crippen molar-refractivity contribution in [3.63, 3.8) is 0 Å². The molecule has 2 rings (SSSR count). The number of fused-ring (bicyclic) bond motifs is 1. The van der Waals surface area contributed by atoms with Crippen LogP contribution >= 0.6 is 11.8 Å². The minimum Gasteiger partial charge on any atom is -0.469 e. The van der Waals surface area contributed by atoms with Crippen LogP contribution in [0.2, 0.25) is 0 Å². The van der Waals surface area contributed by atoms with Gasteiger partial charge in [-0.25, -0.2) is 0 Å². The van der Waals surface area contributed by atoms with Crippen molar-refractivity contribution in [2.45, 2.75) is 12.8 Å². The van der Waals surface area contributed by atoms with Gasteiger partial charge in [0.25, 0.3) is 0 Å². The number of carbonyl (C=O) groups is 1. The second kappa shape index (κ2) is 2.98. The predicted octanol–water partition coefficient (Wildman–Crippen LogP) is 1.82. The zero-order chi connectivity index (χ0) is 8.55. The monoisotopic (exact) mass is 183 g/mol. The molecule has 1 heterocycles. The average Bonchev–Trinajstić information content (AvgIpc) is 2.60. The summed E-state index contributed by atoms with van der Waals surface area (Å²) in [6.07, 6.45) is 1.76. The van der Waals surface area contributed by atoms with E-state index in [1.165, 1.54) is 30.0 Å². The average molecular weight is 183 g/mol. The Balaban J connectivity index is 2.09. The van der Waals surface area contributed by atoms with Gasteiger partial charge in [0, 0.05) is 0 Å². The van der Waals surface area contributed by atoms with Crippen LogP contribution in [0.1, 0.15) is 12.8 Å². The molecule has 0 spiro atoms. The summed E-state index contributed by atoms with van der Waals surface area (Å²) in [7, 11) is 1.46. The molecule has 2 nitrogen and oxygen atoms in total. The van der Waals surface area contributed by atoms with Gasteiger partial charge in [-0.1, -0.05) is 0 Å². The summed E-state index contributed by atoms with van der Waals surface area (Å²) < 4.78 is 4.70. The molecular weight excluding hydrogens is 172 g/mol. The van der Waals surface area contributed by atoms with Crippen molar-refractivity contribution >= 4 is 17.7 Å². The first-order chi connectivity index (χ1) is 5.81. The van der Waals surface area contributed by atoms with E-state index in [1.807, 2.05) is 0 Å². The van der Waals surface area contributed by atoms with Crippen molar-refractivity contribution in [3.8, 4) is 0 Å². The second-order valence-corrected chi connectivity index (χ2v) is 3.90. The topological polar surface area (TPSA) is 26.3 Å². The number of thiol groups is 1. The first-order valence-corrected chi connectivity index (χ1v) is 5.01. The number of rotatable bonds is 1. The van der Waals surface area contributed by atoms with Gasteiger partial charge in [-0.3, -0.25) is 4.79 Å². The van der Waals surface area contributed by atoms with Crippen LogP contribution in [-0.2, 0) is 9.53 Å². The SMILES string of the molecule is COC(=O)C1CC2=C[SH]C=C2C1. The Labute approximate surface area is 75.7 Å². The fourth-order valence-electron chi connectivity index (χ4n) is 1.69. The number of hydrogen-bond acceptors (Lipinski definition) is 2. The number of methoxy groups -OCH3 is 1. The molecule has 0 amide bonds. The Bertz CT molecular complexity index is 258. The standard InChI is InChI=1S/C9H11O2S/c1-11-9(10)6-2-7-4-12-5-8(7)3-6/h4-6,12H,2-3H2,1H3. The van der Waals surface area contributed by atoms with Crippen molar-refractivity contribution in [1.82, 2.24) is 0 Å². The van der Waals surface area contributed by atoms with E-state index >= 15 is 0 Å². The van der Waals surface area contributed by atoms with Crippen LogP contribution in [-0.4, -0.2) is 13.1 Å². The molecule has 0 bridgehead atoms. The maximum atomic E-state index is 11.2. The molecule has 1 radical (unpaired) electrons. The predicted molar refractivity (Wildman–Crippen MR) is 49.9 cm³/mol. The first kappa shape index (κ1) is 7.92. The van der Waals surface area contributed by atoms with Crippen LogP contribution in [0.4, 0.5) is 0 Å². The van der Waals surface area contributed by atoms with Crippen molar-refractivity contribution in [3.05, 3.63) is 22.0 Å². The van der Waals surface area contributed by atoms with Crippen LogP contribution in [0.3, 0.4) is 0 Å². The highest BCUT2D eigenvalue weighted by Gasteiger charge is 2.31. The third kappa shape index (κ3) is 1.18. The van der Waals surface area contributed by atoms with Gasteiger partial charge in [0.15, 0.2) is 0 Å². The first-order valence-electron chi connectivity index (χ1n) is 3.97. The molecule has 1 fully saturated rings. The molecule has 1 aliphatic heterocycles. The highest BCUT2D eigenvalue weighted by Crippen LogP contribution is 2.42. The Hall–Kier alpha value is -0.700. The van der Waals surface area contributed by atoms with Gasteiger partial charge in [0.2, 0.25) is 0 Å². The van der Waals surface area contributed by atoms with Crippen molar-refractivity contribution in [2.24, 2.45) is 5.92 Å². The van der Waals surface area contributed by atoms with E-state index in [4.69, 9.17) is 4.74 Å².